The first-order valence-corrected chi connectivity index (χ1v) is 7.26. The molecule has 0 unspecified atom stereocenters. The van der Waals surface area contributed by atoms with Gasteiger partial charge in [-0.05, 0) is 47.2 Å². The summed E-state index contributed by atoms with van der Waals surface area (Å²) in [5, 5.41) is 19.4. The molecule has 2 aliphatic carbocycles. The standard InChI is InChI=1S/C19H16O2/c20-17-10-9-12(11-18(17)21)19-15-7-3-1-5-13(15)14-6-2-4-8-16(14)19/h1-3,5-7,9-11,19-21H,4,8H2/t19-/m0/s1. The number of hydrogen-bond acceptors (Lipinski definition) is 2. The van der Waals surface area contributed by atoms with Crippen LogP contribution < -0.4 is 0 Å². The molecule has 104 valence electrons. The van der Waals surface area contributed by atoms with E-state index in [1.807, 2.05) is 6.07 Å². The molecule has 0 aliphatic heterocycles. The number of fused-ring (bicyclic) bond motifs is 2. The van der Waals surface area contributed by atoms with Crippen molar-refractivity contribution in [1.29, 1.82) is 0 Å². The maximum atomic E-state index is 9.82. The lowest BCUT2D eigenvalue weighted by Gasteiger charge is -2.19. The molecule has 2 N–H and O–H groups in total. The second-order valence-corrected chi connectivity index (χ2v) is 5.65. The van der Waals surface area contributed by atoms with Crippen LogP contribution in [0.3, 0.4) is 0 Å². The van der Waals surface area contributed by atoms with Gasteiger partial charge < -0.3 is 10.2 Å². The van der Waals surface area contributed by atoms with Crippen molar-refractivity contribution in [2.45, 2.75) is 18.8 Å². The second kappa shape index (κ2) is 4.52. The van der Waals surface area contributed by atoms with Crippen LogP contribution in [0.5, 0.6) is 11.5 Å². The molecule has 0 spiro atoms. The summed E-state index contributed by atoms with van der Waals surface area (Å²) in [6.07, 6.45) is 6.56. The van der Waals surface area contributed by atoms with Gasteiger partial charge in [-0.25, -0.2) is 0 Å². The first-order valence-electron chi connectivity index (χ1n) is 7.26. The minimum atomic E-state index is -0.0669. The van der Waals surface area contributed by atoms with Gasteiger partial charge in [-0.3, -0.25) is 0 Å². The smallest absolute Gasteiger partial charge is 0.157 e. The van der Waals surface area contributed by atoms with E-state index in [4.69, 9.17) is 0 Å². The molecule has 2 nitrogen and oxygen atoms in total. The van der Waals surface area contributed by atoms with Crippen LogP contribution in [0, 0.1) is 0 Å². The van der Waals surface area contributed by atoms with E-state index in [9.17, 15) is 10.2 Å². The van der Waals surface area contributed by atoms with Crippen LogP contribution in [-0.2, 0) is 0 Å². The summed E-state index contributed by atoms with van der Waals surface area (Å²) in [6.45, 7) is 0. The molecule has 2 aromatic carbocycles. The molecule has 0 heterocycles. The van der Waals surface area contributed by atoms with Crippen molar-refractivity contribution in [2.24, 2.45) is 0 Å². The van der Waals surface area contributed by atoms with Crippen molar-refractivity contribution in [3.8, 4) is 11.5 Å². The summed E-state index contributed by atoms with van der Waals surface area (Å²) < 4.78 is 0. The van der Waals surface area contributed by atoms with Gasteiger partial charge >= 0.3 is 0 Å². The topological polar surface area (TPSA) is 40.5 Å². The highest BCUT2D eigenvalue weighted by Gasteiger charge is 2.31. The molecule has 1 atom stereocenters. The number of rotatable bonds is 1. The third-order valence-electron chi connectivity index (χ3n) is 4.45. The molecule has 0 radical (unpaired) electrons. The fourth-order valence-electron chi connectivity index (χ4n) is 3.53. The predicted octanol–water partition coefficient (Wildman–Crippen LogP) is 4.35. The third kappa shape index (κ3) is 1.79. The quantitative estimate of drug-likeness (QED) is 0.760. The van der Waals surface area contributed by atoms with E-state index >= 15 is 0 Å². The first kappa shape index (κ1) is 12.3. The molecule has 2 aromatic rings. The molecule has 2 aliphatic rings. The maximum Gasteiger partial charge on any atom is 0.157 e. The molecule has 4 rings (SSSR count). The highest BCUT2D eigenvalue weighted by Crippen LogP contribution is 2.50. The van der Waals surface area contributed by atoms with Crippen LogP contribution in [0.2, 0.25) is 0 Å². The average molecular weight is 276 g/mol. The van der Waals surface area contributed by atoms with Crippen molar-refractivity contribution in [1.82, 2.24) is 0 Å². The van der Waals surface area contributed by atoms with Crippen molar-refractivity contribution in [3.63, 3.8) is 0 Å². The number of benzene rings is 2. The molecule has 0 amide bonds. The summed E-state index contributed by atoms with van der Waals surface area (Å²) in [5.41, 5.74) is 6.37. The monoisotopic (exact) mass is 276 g/mol. The van der Waals surface area contributed by atoms with Gasteiger partial charge in [-0.1, -0.05) is 48.1 Å². The van der Waals surface area contributed by atoms with Gasteiger partial charge in [-0.2, -0.15) is 0 Å². The lowest BCUT2D eigenvalue weighted by molar-refractivity contribution is 0.403. The van der Waals surface area contributed by atoms with Crippen molar-refractivity contribution < 1.29 is 10.2 Å². The first-order chi connectivity index (χ1) is 10.3. The van der Waals surface area contributed by atoms with E-state index in [0.717, 1.165) is 18.4 Å². The molecule has 0 saturated carbocycles. The van der Waals surface area contributed by atoms with Gasteiger partial charge in [0.05, 0.1) is 0 Å². The Kier molecular flexibility index (Phi) is 2.64. The Labute approximate surface area is 123 Å². The lowest BCUT2D eigenvalue weighted by atomic mass is 9.85. The van der Waals surface area contributed by atoms with E-state index in [0.29, 0.717) is 0 Å². The molecule has 0 bridgehead atoms. The second-order valence-electron chi connectivity index (χ2n) is 5.65. The largest absolute Gasteiger partial charge is 0.504 e. The third-order valence-corrected chi connectivity index (χ3v) is 4.45. The SMILES string of the molecule is Oc1ccc([C@@H]2C3=C(C=CCC3)c3ccccc32)cc1O. The van der Waals surface area contributed by atoms with E-state index in [1.165, 1.54) is 22.3 Å². The summed E-state index contributed by atoms with van der Waals surface area (Å²) in [6, 6.07) is 13.6. The Morgan fingerprint density at radius 3 is 2.67 bits per heavy atom. The maximum absolute atomic E-state index is 9.82. The Morgan fingerprint density at radius 2 is 1.81 bits per heavy atom. The Bertz CT molecular complexity index is 784. The van der Waals surface area contributed by atoms with E-state index < -0.39 is 0 Å². The fraction of sp³-hybridized carbons (Fsp3) is 0.158. The molecule has 0 fully saturated rings. The number of allylic oxidation sites excluding steroid dienone is 4. The number of phenolic OH excluding ortho intramolecular Hbond substituents is 2. The zero-order chi connectivity index (χ0) is 14.4. The average Bonchev–Trinajstić information content (AvgIpc) is 2.85. The van der Waals surface area contributed by atoms with E-state index in [2.05, 4.69) is 36.4 Å². The number of hydrogen-bond donors (Lipinski definition) is 2. The summed E-state index contributed by atoms with van der Waals surface area (Å²) in [7, 11) is 0. The normalized spacial score (nSPS) is 19.5. The van der Waals surface area contributed by atoms with Gasteiger partial charge in [0.1, 0.15) is 0 Å². The van der Waals surface area contributed by atoms with Gasteiger partial charge in [0.25, 0.3) is 0 Å². The molecular formula is C19H16O2. The summed E-state index contributed by atoms with van der Waals surface area (Å²) >= 11 is 0. The van der Waals surface area contributed by atoms with Crippen molar-refractivity contribution in [2.75, 3.05) is 0 Å². The summed E-state index contributed by atoms with van der Waals surface area (Å²) in [4.78, 5) is 0. The van der Waals surface area contributed by atoms with Gasteiger partial charge in [-0.15, -0.1) is 0 Å². The molecule has 2 heteroatoms. The highest BCUT2D eigenvalue weighted by molar-refractivity contribution is 5.86. The van der Waals surface area contributed by atoms with Crippen LogP contribution >= 0.6 is 0 Å². The molecule has 21 heavy (non-hydrogen) atoms. The minimum Gasteiger partial charge on any atom is -0.504 e. The van der Waals surface area contributed by atoms with Crippen LogP contribution in [0.4, 0.5) is 0 Å². The van der Waals surface area contributed by atoms with Crippen LogP contribution in [0.15, 0.2) is 60.2 Å². The van der Waals surface area contributed by atoms with Crippen molar-refractivity contribution >= 4 is 5.57 Å². The molecular weight excluding hydrogens is 260 g/mol. The number of aromatic hydroxyl groups is 2. The Morgan fingerprint density at radius 1 is 0.952 bits per heavy atom. The van der Waals surface area contributed by atoms with Crippen LogP contribution in [-0.4, -0.2) is 10.2 Å². The zero-order valence-corrected chi connectivity index (χ0v) is 11.6. The van der Waals surface area contributed by atoms with E-state index in [-0.39, 0.29) is 17.4 Å². The number of phenols is 2. The van der Waals surface area contributed by atoms with Crippen LogP contribution in [0.25, 0.3) is 5.57 Å². The van der Waals surface area contributed by atoms with Gasteiger partial charge in [0, 0.05) is 5.92 Å². The van der Waals surface area contributed by atoms with Crippen LogP contribution in [0.1, 0.15) is 35.4 Å². The van der Waals surface area contributed by atoms with Gasteiger partial charge in [0.2, 0.25) is 0 Å². The molecule has 0 aromatic heterocycles. The lowest BCUT2D eigenvalue weighted by Crippen LogP contribution is -2.02. The molecule has 0 saturated heterocycles. The van der Waals surface area contributed by atoms with Gasteiger partial charge in [0.15, 0.2) is 11.5 Å². The predicted molar refractivity (Wildman–Crippen MR) is 83.4 cm³/mol. The van der Waals surface area contributed by atoms with Crippen molar-refractivity contribution in [3.05, 3.63) is 76.9 Å². The highest BCUT2D eigenvalue weighted by atomic mass is 16.3. The van der Waals surface area contributed by atoms with E-state index in [1.54, 1.807) is 12.1 Å². The Balaban J connectivity index is 1.93. The Hall–Kier alpha value is -2.48. The fourth-order valence-corrected chi connectivity index (χ4v) is 3.53. The minimum absolute atomic E-state index is 0.0506. The zero-order valence-electron chi connectivity index (χ0n) is 11.6. The summed E-state index contributed by atoms with van der Waals surface area (Å²) in [5.74, 6) is 0.0702.